The summed E-state index contributed by atoms with van der Waals surface area (Å²) < 4.78 is 17.0. The highest BCUT2D eigenvalue weighted by atomic mass is 16.5. The first-order valence-corrected chi connectivity index (χ1v) is 9.25. The predicted octanol–water partition coefficient (Wildman–Crippen LogP) is 4.40. The molecule has 0 aliphatic heterocycles. The highest BCUT2D eigenvalue weighted by Crippen LogP contribution is 2.30. The van der Waals surface area contributed by atoms with Crippen molar-refractivity contribution in [2.24, 2.45) is 5.73 Å². The molecule has 5 nitrogen and oxygen atoms in total. The first kappa shape index (κ1) is 20.8. The van der Waals surface area contributed by atoms with Crippen LogP contribution in [0.2, 0.25) is 0 Å². The SMILES string of the molecule is CCOC(=O)CC(C)(C)Oc1ccc(Oc2cccc(CCN)c2)cc1C. The third kappa shape index (κ3) is 6.61. The molecular formula is C22H29NO4. The minimum atomic E-state index is -0.657. The van der Waals surface area contributed by atoms with E-state index < -0.39 is 5.60 Å². The summed E-state index contributed by atoms with van der Waals surface area (Å²) >= 11 is 0. The number of esters is 1. The summed E-state index contributed by atoms with van der Waals surface area (Å²) in [5, 5.41) is 0. The van der Waals surface area contributed by atoms with Crippen LogP contribution in [-0.2, 0) is 16.0 Å². The van der Waals surface area contributed by atoms with Crippen LogP contribution >= 0.6 is 0 Å². The Bertz CT molecular complexity index is 771. The molecule has 0 radical (unpaired) electrons. The Labute approximate surface area is 161 Å². The summed E-state index contributed by atoms with van der Waals surface area (Å²) in [6.07, 6.45) is 1.00. The van der Waals surface area contributed by atoms with Crippen molar-refractivity contribution in [2.45, 2.75) is 46.1 Å². The van der Waals surface area contributed by atoms with Crippen LogP contribution < -0.4 is 15.2 Å². The van der Waals surface area contributed by atoms with E-state index in [1.807, 2.05) is 63.2 Å². The molecule has 0 saturated heterocycles. The molecule has 0 fully saturated rings. The van der Waals surface area contributed by atoms with Crippen LogP contribution in [0.4, 0.5) is 0 Å². The minimum absolute atomic E-state index is 0.187. The van der Waals surface area contributed by atoms with Crippen molar-refractivity contribution >= 4 is 5.97 Å². The van der Waals surface area contributed by atoms with Gasteiger partial charge in [-0.2, -0.15) is 0 Å². The molecule has 0 bridgehead atoms. The molecule has 0 spiro atoms. The van der Waals surface area contributed by atoms with E-state index in [4.69, 9.17) is 19.9 Å². The van der Waals surface area contributed by atoms with E-state index in [1.54, 1.807) is 6.92 Å². The number of ether oxygens (including phenoxy) is 3. The summed E-state index contributed by atoms with van der Waals surface area (Å²) in [5.74, 6) is 1.95. The van der Waals surface area contributed by atoms with E-state index in [2.05, 4.69) is 0 Å². The quantitative estimate of drug-likeness (QED) is 0.662. The Morgan fingerprint density at radius 3 is 2.52 bits per heavy atom. The number of nitrogens with two attached hydrogens (primary N) is 1. The van der Waals surface area contributed by atoms with Gasteiger partial charge in [-0.05, 0) is 82.1 Å². The van der Waals surface area contributed by atoms with Crippen molar-refractivity contribution in [3.8, 4) is 17.2 Å². The molecule has 2 rings (SSSR count). The fourth-order valence-corrected chi connectivity index (χ4v) is 2.76. The summed E-state index contributed by atoms with van der Waals surface area (Å²) in [4.78, 5) is 11.7. The van der Waals surface area contributed by atoms with Gasteiger partial charge in [0, 0.05) is 0 Å². The van der Waals surface area contributed by atoms with Crippen molar-refractivity contribution in [1.82, 2.24) is 0 Å². The summed E-state index contributed by atoms with van der Waals surface area (Å²) in [7, 11) is 0. The summed E-state index contributed by atoms with van der Waals surface area (Å²) in [6, 6.07) is 13.6. The normalized spacial score (nSPS) is 11.1. The van der Waals surface area contributed by atoms with Crippen LogP contribution in [0.1, 0.15) is 38.3 Å². The smallest absolute Gasteiger partial charge is 0.309 e. The maximum Gasteiger partial charge on any atom is 0.309 e. The van der Waals surface area contributed by atoms with Gasteiger partial charge in [0.1, 0.15) is 22.8 Å². The van der Waals surface area contributed by atoms with Crippen molar-refractivity contribution in [3.63, 3.8) is 0 Å². The van der Waals surface area contributed by atoms with E-state index in [0.717, 1.165) is 29.0 Å². The zero-order chi connectivity index (χ0) is 19.9. The molecule has 0 saturated carbocycles. The van der Waals surface area contributed by atoms with E-state index >= 15 is 0 Å². The number of rotatable bonds is 9. The molecule has 2 N–H and O–H groups in total. The van der Waals surface area contributed by atoms with Crippen molar-refractivity contribution in [2.75, 3.05) is 13.2 Å². The van der Waals surface area contributed by atoms with Crippen molar-refractivity contribution < 1.29 is 19.0 Å². The van der Waals surface area contributed by atoms with Crippen molar-refractivity contribution in [3.05, 3.63) is 53.6 Å². The average molecular weight is 371 g/mol. The zero-order valence-electron chi connectivity index (χ0n) is 16.6. The Balaban J connectivity index is 2.06. The van der Waals surface area contributed by atoms with Crippen LogP contribution in [-0.4, -0.2) is 24.7 Å². The van der Waals surface area contributed by atoms with Gasteiger partial charge in [0.05, 0.1) is 13.0 Å². The van der Waals surface area contributed by atoms with E-state index in [9.17, 15) is 4.79 Å². The molecule has 27 heavy (non-hydrogen) atoms. The molecule has 2 aromatic carbocycles. The van der Waals surface area contributed by atoms with Gasteiger partial charge in [-0.3, -0.25) is 4.79 Å². The molecule has 0 atom stereocenters. The Kier molecular flexibility index (Phi) is 7.25. The van der Waals surface area contributed by atoms with Gasteiger partial charge in [0.2, 0.25) is 0 Å². The van der Waals surface area contributed by atoms with Crippen LogP contribution in [0.25, 0.3) is 0 Å². The van der Waals surface area contributed by atoms with Crippen molar-refractivity contribution in [1.29, 1.82) is 0 Å². The predicted molar refractivity (Wildman–Crippen MR) is 106 cm³/mol. The van der Waals surface area contributed by atoms with Gasteiger partial charge in [-0.25, -0.2) is 0 Å². The van der Waals surface area contributed by atoms with Gasteiger partial charge in [0.15, 0.2) is 0 Å². The maximum absolute atomic E-state index is 11.7. The lowest BCUT2D eigenvalue weighted by Crippen LogP contribution is -2.32. The van der Waals surface area contributed by atoms with E-state index in [0.29, 0.717) is 18.9 Å². The summed E-state index contributed by atoms with van der Waals surface area (Å²) in [6.45, 7) is 8.46. The highest BCUT2D eigenvalue weighted by molar-refractivity contribution is 5.70. The number of carbonyl (C=O) groups is 1. The standard InChI is InChI=1S/C22H29NO4/c1-5-25-21(24)15-22(3,4)27-20-10-9-19(13-16(20)2)26-18-8-6-7-17(14-18)11-12-23/h6-10,13-14H,5,11-12,15,23H2,1-4H3. The third-order valence-corrected chi connectivity index (χ3v) is 3.98. The Morgan fingerprint density at radius 1 is 1.11 bits per heavy atom. The van der Waals surface area contributed by atoms with E-state index in [-0.39, 0.29) is 12.4 Å². The molecule has 0 heterocycles. The number of hydrogen-bond donors (Lipinski definition) is 1. The number of carbonyl (C=O) groups excluding carboxylic acids is 1. The van der Waals surface area contributed by atoms with Crippen LogP contribution in [0.3, 0.4) is 0 Å². The molecule has 146 valence electrons. The first-order chi connectivity index (χ1) is 12.8. The molecule has 0 unspecified atom stereocenters. The van der Waals surface area contributed by atoms with Crippen LogP contribution in [0.5, 0.6) is 17.2 Å². The number of benzene rings is 2. The monoisotopic (exact) mass is 371 g/mol. The number of hydrogen-bond acceptors (Lipinski definition) is 5. The second kappa shape index (κ2) is 9.42. The Hall–Kier alpha value is -2.53. The largest absolute Gasteiger partial charge is 0.487 e. The van der Waals surface area contributed by atoms with Gasteiger partial charge in [-0.15, -0.1) is 0 Å². The fraction of sp³-hybridized carbons (Fsp3) is 0.409. The fourth-order valence-electron chi connectivity index (χ4n) is 2.76. The third-order valence-electron chi connectivity index (χ3n) is 3.98. The lowest BCUT2D eigenvalue weighted by molar-refractivity contribution is -0.146. The number of aryl methyl sites for hydroxylation is 1. The molecule has 0 aromatic heterocycles. The first-order valence-electron chi connectivity index (χ1n) is 9.25. The van der Waals surface area contributed by atoms with Gasteiger partial charge >= 0.3 is 5.97 Å². The molecule has 2 aromatic rings. The molecule has 5 heteroatoms. The lowest BCUT2D eigenvalue weighted by Gasteiger charge is -2.26. The maximum atomic E-state index is 11.7. The average Bonchev–Trinajstić information content (AvgIpc) is 2.57. The van der Waals surface area contributed by atoms with Gasteiger partial charge in [-0.1, -0.05) is 12.1 Å². The van der Waals surface area contributed by atoms with Crippen LogP contribution in [0, 0.1) is 6.92 Å². The van der Waals surface area contributed by atoms with E-state index in [1.165, 1.54) is 0 Å². The molecule has 0 aliphatic rings. The van der Waals surface area contributed by atoms with Gasteiger partial charge < -0.3 is 19.9 Å². The Morgan fingerprint density at radius 2 is 1.85 bits per heavy atom. The molecule has 0 amide bonds. The van der Waals surface area contributed by atoms with Gasteiger partial charge in [0.25, 0.3) is 0 Å². The minimum Gasteiger partial charge on any atom is -0.487 e. The van der Waals surface area contributed by atoms with Crippen LogP contribution in [0.15, 0.2) is 42.5 Å². The topological polar surface area (TPSA) is 70.8 Å². The molecular weight excluding hydrogens is 342 g/mol. The second-order valence-electron chi connectivity index (χ2n) is 7.06. The zero-order valence-corrected chi connectivity index (χ0v) is 16.6. The summed E-state index contributed by atoms with van der Waals surface area (Å²) in [5.41, 5.74) is 7.04. The highest BCUT2D eigenvalue weighted by Gasteiger charge is 2.25. The second-order valence-corrected chi connectivity index (χ2v) is 7.06. The lowest BCUT2D eigenvalue weighted by atomic mass is 10.0. The molecule has 0 aliphatic carbocycles.